The highest BCUT2D eigenvalue weighted by Crippen LogP contribution is 2.36. The van der Waals surface area contributed by atoms with Gasteiger partial charge in [0.1, 0.15) is 17.2 Å². The molecule has 326 valence electrons. The van der Waals surface area contributed by atoms with Crippen molar-refractivity contribution in [2.75, 3.05) is 43.4 Å². The van der Waals surface area contributed by atoms with Crippen LogP contribution in [0.1, 0.15) is 70.2 Å². The van der Waals surface area contributed by atoms with Crippen LogP contribution in [0.5, 0.6) is 17.2 Å². The van der Waals surface area contributed by atoms with Gasteiger partial charge < -0.3 is 20.5 Å². The van der Waals surface area contributed by atoms with E-state index in [1.54, 1.807) is 24.5 Å². The number of anilines is 2. The van der Waals surface area contributed by atoms with Crippen molar-refractivity contribution in [2.24, 2.45) is 5.92 Å². The van der Waals surface area contributed by atoms with E-state index in [1.165, 1.54) is 11.1 Å². The van der Waals surface area contributed by atoms with Crippen LogP contribution in [0.4, 0.5) is 11.9 Å². The maximum Gasteiger partial charge on any atom is 0.223 e. The van der Waals surface area contributed by atoms with Crippen LogP contribution >= 0.6 is 23.2 Å². The Hall–Kier alpha value is -5.26. The summed E-state index contributed by atoms with van der Waals surface area (Å²) in [5, 5.41) is 17.4. The van der Waals surface area contributed by atoms with Gasteiger partial charge in [-0.05, 0) is 123 Å². The van der Waals surface area contributed by atoms with E-state index in [4.69, 9.17) is 37.9 Å². The predicted molar refractivity (Wildman–Crippen MR) is 256 cm³/mol. The van der Waals surface area contributed by atoms with Gasteiger partial charge >= 0.3 is 0 Å². The molecule has 0 amide bonds. The first-order chi connectivity index (χ1) is 30.0. The van der Waals surface area contributed by atoms with Crippen molar-refractivity contribution in [2.45, 2.75) is 79.9 Å². The van der Waals surface area contributed by atoms with Crippen LogP contribution in [0.25, 0.3) is 22.5 Å². The average Bonchev–Trinajstić information content (AvgIpc) is 3.27. The molecule has 12 heteroatoms. The molecular formula is C50H60Cl2N8O2. The Bertz CT molecular complexity index is 2380. The van der Waals surface area contributed by atoms with Gasteiger partial charge in [-0.1, -0.05) is 99.4 Å². The number of benzene rings is 4. The molecule has 2 aromatic heterocycles. The molecule has 0 saturated heterocycles. The summed E-state index contributed by atoms with van der Waals surface area (Å²) in [5.74, 6) is 2.75. The highest BCUT2D eigenvalue weighted by Gasteiger charge is 2.16. The lowest BCUT2D eigenvalue weighted by Gasteiger charge is -2.24. The summed E-state index contributed by atoms with van der Waals surface area (Å²) >= 11 is 13.1. The fraction of sp³-hybridized carbons (Fsp3) is 0.360. The minimum absolute atomic E-state index is 0.0635. The van der Waals surface area contributed by atoms with Crippen LogP contribution in [0.15, 0.2) is 103 Å². The molecule has 0 unspecified atom stereocenters. The molecule has 0 radical (unpaired) electrons. The second-order valence-electron chi connectivity index (χ2n) is 16.3. The van der Waals surface area contributed by atoms with Crippen molar-refractivity contribution in [3.05, 3.63) is 136 Å². The van der Waals surface area contributed by atoms with Crippen molar-refractivity contribution in [3.63, 3.8) is 0 Å². The van der Waals surface area contributed by atoms with Gasteiger partial charge in [0, 0.05) is 49.5 Å². The number of aromatic nitrogens is 4. The van der Waals surface area contributed by atoms with E-state index in [0.29, 0.717) is 77.0 Å². The highest BCUT2D eigenvalue weighted by atomic mass is 35.5. The van der Waals surface area contributed by atoms with E-state index in [1.807, 2.05) is 36.4 Å². The summed E-state index contributed by atoms with van der Waals surface area (Å²) < 4.78 is 6.51. The molecule has 6 aromatic rings. The molecular weight excluding hydrogens is 816 g/mol. The number of ether oxygens (including phenoxy) is 1. The lowest BCUT2D eigenvalue weighted by Crippen LogP contribution is -2.29. The molecule has 2 heterocycles. The summed E-state index contributed by atoms with van der Waals surface area (Å²) in [4.78, 5) is 23.8. The standard InChI is InChI=1S/C50H60Cl2N8O2/c1-7-59(26-22-34(3)4)32-38-11-10-14-41(28-38)48-47(31-56-50(58-48)54-24-19-36-15-17-45(61)42(51)29-36)62-46-18-16-37(30-43(46)52)20-23-53-49-55-25-21-44(57-49)40-13-9-12-39(27-40)33-60(8-2)35(5)6/h9-18,21,25,27-31,34-35,61H,7-8,19-20,22-24,26,32-33H2,1-6H3,(H,53,55,57)(H,54,56,58). The van der Waals surface area contributed by atoms with Crippen LogP contribution in [0, 0.1) is 5.92 Å². The third kappa shape index (κ3) is 13.4. The Morgan fingerprint density at radius 3 is 2.00 bits per heavy atom. The number of nitrogens with zero attached hydrogens (tertiary/aromatic N) is 6. The summed E-state index contributed by atoms with van der Waals surface area (Å²) in [5.41, 5.74) is 8.00. The molecule has 0 aliphatic carbocycles. The normalized spacial score (nSPS) is 11.5. The Labute approximate surface area is 377 Å². The monoisotopic (exact) mass is 874 g/mol. The van der Waals surface area contributed by atoms with Crippen molar-refractivity contribution in [1.29, 1.82) is 0 Å². The second-order valence-corrected chi connectivity index (χ2v) is 17.1. The highest BCUT2D eigenvalue weighted by molar-refractivity contribution is 6.32. The first kappa shape index (κ1) is 46.2. The first-order valence-electron chi connectivity index (χ1n) is 21.7. The van der Waals surface area contributed by atoms with Gasteiger partial charge in [0.05, 0.1) is 21.9 Å². The Morgan fingerprint density at radius 2 is 1.34 bits per heavy atom. The lowest BCUT2D eigenvalue weighted by atomic mass is 10.1. The number of phenolic OH excluding ortho intramolecular Hbond substituents is 1. The van der Waals surface area contributed by atoms with Crippen molar-refractivity contribution in [1.82, 2.24) is 29.7 Å². The molecule has 6 rings (SSSR count). The molecule has 0 saturated carbocycles. The number of halogens is 2. The van der Waals surface area contributed by atoms with E-state index in [-0.39, 0.29) is 5.75 Å². The molecule has 0 fully saturated rings. The zero-order valence-electron chi connectivity index (χ0n) is 36.8. The maximum atomic E-state index is 9.83. The van der Waals surface area contributed by atoms with Gasteiger partial charge in [0.25, 0.3) is 0 Å². The zero-order chi connectivity index (χ0) is 44.0. The first-order valence-corrected chi connectivity index (χ1v) is 22.5. The zero-order valence-corrected chi connectivity index (χ0v) is 38.3. The number of phenols is 1. The number of nitrogens with one attached hydrogen (secondary N) is 2. The van der Waals surface area contributed by atoms with Crippen LogP contribution in [-0.4, -0.2) is 73.6 Å². The van der Waals surface area contributed by atoms with Gasteiger partial charge in [-0.3, -0.25) is 9.80 Å². The van der Waals surface area contributed by atoms with E-state index in [0.717, 1.165) is 67.1 Å². The Morgan fingerprint density at radius 1 is 0.677 bits per heavy atom. The summed E-state index contributed by atoms with van der Waals surface area (Å²) in [7, 11) is 0. The molecule has 0 bridgehead atoms. The molecule has 62 heavy (non-hydrogen) atoms. The van der Waals surface area contributed by atoms with E-state index < -0.39 is 0 Å². The Balaban J connectivity index is 1.14. The van der Waals surface area contributed by atoms with E-state index in [2.05, 4.69) is 114 Å². The number of rotatable bonds is 22. The lowest BCUT2D eigenvalue weighted by molar-refractivity contribution is 0.225. The van der Waals surface area contributed by atoms with Crippen molar-refractivity contribution < 1.29 is 9.84 Å². The Kier molecular flexibility index (Phi) is 16.9. The summed E-state index contributed by atoms with van der Waals surface area (Å²) in [6.07, 6.45) is 6.01. The molecule has 0 spiro atoms. The largest absolute Gasteiger partial charge is 0.506 e. The van der Waals surface area contributed by atoms with Gasteiger partial charge in [0.15, 0.2) is 5.75 Å². The molecule has 10 nitrogen and oxygen atoms in total. The molecule has 0 aliphatic heterocycles. The number of hydrogen-bond acceptors (Lipinski definition) is 10. The topological polar surface area (TPSA) is 112 Å². The maximum absolute atomic E-state index is 9.83. The van der Waals surface area contributed by atoms with Crippen molar-refractivity contribution >= 4 is 35.1 Å². The van der Waals surface area contributed by atoms with Gasteiger partial charge in [0.2, 0.25) is 11.9 Å². The van der Waals surface area contributed by atoms with E-state index >= 15 is 0 Å². The quantitative estimate of drug-likeness (QED) is 0.0609. The van der Waals surface area contributed by atoms with E-state index in [9.17, 15) is 5.11 Å². The number of aromatic hydroxyl groups is 1. The third-order valence-electron chi connectivity index (χ3n) is 10.9. The SMILES string of the molecule is CCN(CCC(C)C)Cc1cccc(-c2nc(NCCc3ccc(O)c(Cl)c3)ncc2Oc2ccc(CCNc3nccc(-c4cccc(CN(CC)C(C)C)c4)n3)cc2Cl)c1. The summed E-state index contributed by atoms with van der Waals surface area (Å²) in [6.45, 7) is 19.3. The molecule has 0 aliphatic rings. The number of hydrogen-bond donors (Lipinski definition) is 3. The third-order valence-corrected chi connectivity index (χ3v) is 11.5. The van der Waals surface area contributed by atoms with Crippen LogP contribution in [-0.2, 0) is 25.9 Å². The second kappa shape index (κ2) is 22.7. The average molecular weight is 876 g/mol. The fourth-order valence-corrected chi connectivity index (χ4v) is 7.62. The molecule has 0 atom stereocenters. The smallest absolute Gasteiger partial charge is 0.223 e. The van der Waals surface area contributed by atoms with Gasteiger partial charge in [-0.25, -0.2) is 19.9 Å². The van der Waals surface area contributed by atoms with Crippen molar-refractivity contribution in [3.8, 4) is 39.8 Å². The minimum Gasteiger partial charge on any atom is -0.506 e. The van der Waals surface area contributed by atoms with Crippen LogP contribution in [0.3, 0.4) is 0 Å². The molecule has 3 N–H and O–H groups in total. The predicted octanol–water partition coefficient (Wildman–Crippen LogP) is 11.8. The fourth-order valence-electron chi connectivity index (χ4n) is 7.17. The van der Waals surface area contributed by atoms with Crippen LogP contribution < -0.4 is 15.4 Å². The van der Waals surface area contributed by atoms with Gasteiger partial charge in [-0.2, -0.15) is 0 Å². The summed E-state index contributed by atoms with van der Waals surface area (Å²) in [6, 6.07) is 30.5. The molecule has 4 aromatic carbocycles. The minimum atomic E-state index is 0.0635. The van der Waals surface area contributed by atoms with Crippen LogP contribution in [0.2, 0.25) is 10.0 Å². The van der Waals surface area contributed by atoms with Gasteiger partial charge in [-0.15, -0.1) is 0 Å².